The summed E-state index contributed by atoms with van der Waals surface area (Å²) in [6.07, 6.45) is 5.00. The van der Waals surface area contributed by atoms with Crippen LogP contribution in [0.2, 0.25) is 0 Å². The van der Waals surface area contributed by atoms with Crippen molar-refractivity contribution in [3.8, 4) is 0 Å². The topological polar surface area (TPSA) is 30.9 Å². The minimum absolute atomic E-state index is 0.0604. The first kappa shape index (κ1) is 15.9. The van der Waals surface area contributed by atoms with E-state index in [1.54, 1.807) is 0 Å². The van der Waals surface area contributed by atoms with Gasteiger partial charge >= 0.3 is 0 Å². The molecular formula is C14H29NO3. The van der Waals surface area contributed by atoms with Crippen LogP contribution in [0.25, 0.3) is 0 Å². The molecule has 1 atom stereocenters. The smallest absolute Gasteiger partial charge is 0.158 e. The third-order valence-electron chi connectivity index (χ3n) is 3.24. The number of hydrogen-bond acceptors (Lipinski definition) is 4. The first-order valence-electron chi connectivity index (χ1n) is 7.29. The third-order valence-corrected chi connectivity index (χ3v) is 3.24. The highest BCUT2D eigenvalue weighted by atomic mass is 16.7. The van der Waals surface area contributed by atoms with E-state index in [0.29, 0.717) is 19.3 Å². The maximum atomic E-state index is 5.75. The number of hydrogen-bond donors (Lipinski definition) is 0. The second kappa shape index (κ2) is 9.73. The lowest BCUT2D eigenvalue weighted by molar-refractivity contribution is -0.142. The molecule has 1 saturated heterocycles. The van der Waals surface area contributed by atoms with E-state index in [9.17, 15) is 0 Å². The minimum atomic E-state index is -0.0604. The van der Waals surface area contributed by atoms with Crippen LogP contribution in [0.1, 0.15) is 39.5 Å². The molecule has 1 aliphatic rings. The van der Waals surface area contributed by atoms with Gasteiger partial charge in [0.2, 0.25) is 0 Å². The average Bonchev–Trinajstić information content (AvgIpc) is 2.38. The molecule has 0 aromatic rings. The molecule has 1 unspecified atom stereocenters. The van der Waals surface area contributed by atoms with Crippen molar-refractivity contribution in [1.29, 1.82) is 0 Å². The van der Waals surface area contributed by atoms with Crippen LogP contribution < -0.4 is 0 Å². The fourth-order valence-electron chi connectivity index (χ4n) is 2.30. The molecule has 0 radical (unpaired) electrons. The number of ether oxygens (including phenoxy) is 3. The lowest BCUT2D eigenvalue weighted by Gasteiger charge is -2.28. The van der Waals surface area contributed by atoms with E-state index in [0.717, 1.165) is 26.1 Å². The molecule has 0 aliphatic carbocycles. The zero-order valence-corrected chi connectivity index (χ0v) is 12.2. The van der Waals surface area contributed by atoms with Gasteiger partial charge in [-0.2, -0.15) is 0 Å². The molecule has 1 heterocycles. The molecule has 108 valence electrons. The first-order valence-corrected chi connectivity index (χ1v) is 7.29. The van der Waals surface area contributed by atoms with Crippen LogP contribution in [0, 0.1) is 0 Å². The van der Waals surface area contributed by atoms with Crippen LogP contribution in [0.15, 0.2) is 0 Å². The van der Waals surface area contributed by atoms with Crippen molar-refractivity contribution < 1.29 is 14.2 Å². The van der Waals surface area contributed by atoms with Crippen LogP contribution in [0.4, 0.5) is 0 Å². The molecule has 0 amide bonds. The van der Waals surface area contributed by atoms with Crippen molar-refractivity contribution in [3.05, 3.63) is 0 Å². The highest BCUT2D eigenvalue weighted by molar-refractivity contribution is 4.67. The van der Waals surface area contributed by atoms with E-state index in [2.05, 4.69) is 11.9 Å². The Kier molecular flexibility index (Phi) is 8.59. The van der Waals surface area contributed by atoms with Crippen LogP contribution in [-0.4, -0.2) is 57.3 Å². The Balaban J connectivity index is 2.15. The van der Waals surface area contributed by atoms with E-state index in [1.807, 2.05) is 13.8 Å². The molecule has 0 N–H and O–H groups in total. The van der Waals surface area contributed by atoms with Crippen LogP contribution >= 0.6 is 0 Å². The first-order chi connectivity index (χ1) is 8.76. The van der Waals surface area contributed by atoms with E-state index in [1.165, 1.54) is 19.3 Å². The Hall–Kier alpha value is -0.160. The molecular weight excluding hydrogens is 230 g/mol. The quantitative estimate of drug-likeness (QED) is 0.594. The predicted molar refractivity (Wildman–Crippen MR) is 72.7 cm³/mol. The molecule has 1 rings (SSSR count). The van der Waals surface area contributed by atoms with Crippen molar-refractivity contribution in [2.75, 3.05) is 40.0 Å². The van der Waals surface area contributed by atoms with Gasteiger partial charge in [-0.05, 0) is 40.2 Å². The molecule has 0 aromatic carbocycles. The van der Waals surface area contributed by atoms with Crippen molar-refractivity contribution in [2.45, 2.75) is 51.9 Å². The van der Waals surface area contributed by atoms with Gasteiger partial charge in [-0.3, -0.25) is 0 Å². The van der Waals surface area contributed by atoms with E-state index in [4.69, 9.17) is 14.2 Å². The van der Waals surface area contributed by atoms with E-state index in [-0.39, 0.29) is 6.29 Å². The minimum Gasteiger partial charge on any atom is -0.377 e. The monoisotopic (exact) mass is 259 g/mol. The number of nitrogens with zero attached hydrogens (tertiary/aromatic N) is 1. The predicted octanol–water partition coefficient (Wildman–Crippen LogP) is 2.28. The second-order valence-electron chi connectivity index (χ2n) is 4.88. The van der Waals surface area contributed by atoms with Crippen LogP contribution in [0.3, 0.4) is 0 Å². The van der Waals surface area contributed by atoms with E-state index < -0.39 is 0 Å². The SMILES string of the molecule is CCOC(CCN(C)CC1CCCCO1)OCC. The zero-order valence-electron chi connectivity index (χ0n) is 12.2. The van der Waals surface area contributed by atoms with Crippen molar-refractivity contribution >= 4 is 0 Å². The Morgan fingerprint density at radius 2 is 1.94 bits per heavy atom. The van der Waals surface area contributed by atoms with Gasteiger partial charge in [0.1, 0.15) is 0 Å². The summed E-state index contributed by atoms with van der Waals surface area (Å²) in [6, 6.07) is 0. The standard InChI is InChI=1S/C14H29NO3/c1-4-16-14(17-5-2)9-10-15(3)12-13-8-6-7-11-18-13/h13-14H,4-12H2,1-3H3. The summed E-state index contributed by atoms with van der Waals surface area (Å²) in [5.41, 5.74) is 0. The molecule has 0 aromatic heterocycles. The summed E-state index contributed by atoms with van der Waals surface area (Å²) in [5.74, 6) is 0. The van der Waals surface area contributed by atoms with Crippen molar-refractivity contribution in [3.63, 3.8) is 0 Å². The van der Waals surface area contributed by atoms with Gasteiger partial charge in [-0.1, -0.05) is 0 Å². The highest BCUT2D eigenvalue weighted by Gasteiger charge is 2.16. The van der Waals surface area contributed by atoms with Gasteiger partial charge < -0.3 is 19.1 Å². The molecule has 1 fully saturated rings. The van der Waals surface area contributed by atoms with Gasteiger partial charge in [0.15, 0.2) is 6.29 Å². The second-order valence-corrected chi connectivity index (χ2v) is 4.88. The Morgan fingerprint density at radius 1 is 1.22 bits per heavy atom. The lowest BCUT2D eigenvalue weighted by atomic mass is 10.1. The molecule has 0 spiro atoms. The van der Waals surface area contributed by atoms with Crippen LogP contribution in [-0.2, 0) is 14.2 Å². The largest absolute Gasteiger partial charge is 0.377 e. The van der Waals surface area contributed by atoms with Crippen molar-refractivity contribution in [2.24, 2.45) is 0 Å². The summed E-state index contributed by atoms with van der Waals surface area (Å²) in [4.78, 5) is 2.32. The average molecular weight is 259 g/mol. The molecule has 4 heteroatoms. The highest BCUT2D eigenvalue weighted by Crippen LogP contribution is 2.13. The van der Waals surface area contributed by atoms with Crippen molar-refractivity contribution in [1.82, 2.24) is 4.90 Å². The normalized spacial score (nSPS) is 20.8. The molecule has 0 saturated carbocycles. The summed E-state index contributed by atoms with van der Waals surface area (Å²) < 4.78 is 16.8. The Bertz CT molecular complexity index is 189. The Morgan fingerprint density at radius 3 is 2.50 bits per heavy atom. The van der Waals surface area contributed by atoms with Gasteiger partial charge in [-0.15, -0.1) is 0 Å². The summed E-state index contributed by atoms with van der Waals surface area (Å²) in [7, 11) is 2.15. The van der Waals surface area contributed by atoms with Gasteiger partial charge in [0.25, 0.3) is 0 Å². The summed E-state index contributed by atoms with van der Waals surface area (Å²) in [5, 5.41) is 0. The lowest BCUT2D eigenvalue weighted by Crippen LogP contribution is -2.35. The van der Waals surface area contributed by atoms with E-state index >= 15 is 0 Å². The fraction of sp³-hybridized carbons (Fsp3) is 1.00. The summed E-state index contributed by atoms with van der Waals surface area (Å²) in [6.45, 7) is 8.37. The summed E-state index contributed by atoms with van der Waals surface area (Å²) >= 11 is 0. The van der Waals surface area contributed by atoms with Crippen LogP contribution in [0.5, 0.6) is 0 Å². The number of rotatable bonds is 9. The zero-order chi connectivity index (χ0) is 13.2. The van der Waals surface area contributed by atoms with Gasteiger partial charge in [0.05, 0.1) is 6.10 Å². The van der Waals surface area contributed by atoms with Gasteiger partial charge in [-0.25, -0.2) is 0 Å². The third kappa shape index (κ3) is 6.69. The fourth-order valence-corrected chi connectivity index (χ4v) is 2.30. The maximum Gasteiger partial charge on any atom is 0.158 e. The maximum absolute atomic E-state index is 5.75. The molecule has 1 aliphatic heterocycles. The Labute approximate surface area is 112 Å². The van der Waals surface area contributed by atoms with Gasteiger partial charge in [0, 0.05) is 39.3 Å². The number of likely N-dealkylation sites (N-methyl/N-ethyl adjacent to an activating group) is 1. The molecule has 4 nitrogen and oxygen atoms in total. The molecule has 18 heavy (non-hydrogen) atoms. The molecule has 0 bridgehead atoms.